The first-order valence-corrected chi connectivity index (χ1v) is 13.1. The molecule has 0 radical (unpaired) electrons. The summed E-state index contributed by atoms with van der Waals surface area (Å²) < 4.78 is 12.0. The Hall–Kier alpha value is -0.626. The predicted octanol–water partition coefficient (Wildman–Crippen LogP) is 3.72. The molecule has 24 heavy (non-hydrogen) atoms. The number of hydrogen-bond donors (Lipinski definition) is 1. The molecule has 0 atom stereocenters. The van der Waals surface area contributed by atoms with Crippen molar-refractivity contribution in [2.45, 2.75) is 79.2 Å². The van der Waals surface area contributed by atoms with Crippen LogP contribution in [0, 0.1) is 19.3 Å². The van der Waals surface area contributed by atoms with Crippen molar-refractivity contribution in [3.8, 4) is 5.75 Å². The van der Waals surface area contributed by atoms with E-state index in [2.05, 4.69) is 53.8 Å². The van der Waals surface area contributed by atoms with Gasteiger partial charge in [0.05, 0.1) is 0 Å². The molecule has 0 unspecified atom stereocenters. The Morgan fingerprint density at radius 1 is 1.00 bits per heavy atom. The molecule has 1 rings (SSSR count). The van der Waals surface area contributed by atoms with Crippen LogP contribution in [-0.2, 0) is 14.3 Å². The van der Waals surface area contributed by atoms with Gasteiger partial charge in [-0.25, -0.2) is 0 Å². The Labute approximate surface area is 153 Å². The van der Waals surface area contributed by atoms with Crippen molar-refractivity contribution in [3.05, 3.63) is 28.8 Å². The van der Waals surface area contributed by atoms with Crippen LogP contribution in [0.2, 0.25) is 13.1 Å². The van der Waals surface area contributed by atoms with E-state index in [4.69, 9.17) is 8.85 Å². The first-order chi connectivity index (χ1) is 11.0. The summed E-state index contributed by atoms with van der Waals surface area (Å²) in [5.41, 5.74) is 3.24. The number of benzene rings is 1. The number of aryl methyl sites for hydroxylation is 2. The van der Waals surface area contributed by atoms with E-state index in [-0.39, 0.29) is 17.1 Å². The molecular formula is C19H36O3Si2. The first-order valence-electron chi connectivity index (χ1n) is 9.09. The smallest absolute Gasteiger partial charge is 0.161 e. The van der Waals surface area contributed by atoms with Crippen LogP contribution < -0.4 is 0 Å². The average molecular weight is 369 g/mol. The number of phenols is 1. The minimum absolute atomic E-state index is 0.0164. The summed E-state index contributed by atoms with van der Waals surface area (Å²) in [6, 6.07) is 4.03. The van der Waals surface area contributed by atoms with Gasteiger partial charge in [-0.3, -0.25) is 0 Å². The maximum atomic E-state index is 10.5. The van der Waals surface area contributed by atoms with Crippen LogP contribution in [-0.4, -0.2) is 30.9 Å². The Bertz CT molecular complexity index is 512. The molecule has 0 spiro atoms. The minimum Gasteiger partial charge on any atom is -0.508 e. The van der Waals surface area contributed by atoms with Crippen LogP contribution in [0.1, 0.15) is 57.2 Å². The van der Waals surface area contributed by atoms with Crippen molar-refractivity contribution < 1.29 is 14.0 Å². The summed E-state index contributed by atoms with van der Waals surface area (Å²) in [5.74, 6) is 0.418. The fourth-order valence-corrected chi connectivity index (χ4v) is 5.40. The largest absolute Gasteiger partial charge is 0.508 e. The molecule has 0 aliphatic carbocycles. The number of aromatic hydroxyl groups is 1. The Morgan fingerprint density at radius 2 is 1.54 bits per heavy atom. The SMILES string of the molecule is C[SiH2]OC(O[SiH2]C)C(C)(C)CCC(C)(C)c1c(C)cc(C)cc1O. The third-order valence-electron chi connectivity index (χ3n) is 4.80. The molecule has 0 amide bonds. The highest BCUT2D eigenvalue weighted by Crippen LogP contribution is 2.41. The Balaban J connectivity index is 2.95. The number of phenolic OH excluding ortho intramolecular Hbond substituents is 1. The topological polar surface area (TPSA) is 38.7 Å². The minimum atomic E-state index is -0.496. The maximum Gasteiger partial charge on any atom is 0.161 e. The molecule has 5 heteroatoms. The summed E-state index contributed by atoms with van der Waals surface area (Å²) in [6.07, 6.45) is 1.91. The summed E-state index contributed by atoms with van der Waals surface area (Å²) in [7, 11) is -0.991. The van der Waals surface area contributed by atoms with Crippen LogP contribution in [0.4, 0.5) is 0 Å². The third kappa shape index (κ3) is 5.44. The van der Waals surface area contributed by atoms with Crippen LogP contribution >= 0.6 is 0 Å². The lowest BCUT2D eigenvalue weighted by atomic mass is 9.73. The van der Waals surface area contributed by atoms with Crippen LogP contribution in [0.5, 0.6) is 5.75 Å². The molecule has 1 N–H and O–H groups in total. The van der Waals surface area contributed by atoms with Crippen molar-refractivity contribution >= 4 is 19.5 Å². The van der Waals surface area contributed by atoms with Gasteiger partial charge in [-0.15, -0.1) is 0 Å². The van der Waals surface area contributed by atoms with E-state index in [9.17, 15) is 5.11 Å². The van der Waals surface area contributed by atoms with Gasteiger partial charge in [0.1, 0.15) is 12.0 Å². The highest BCUT2D eigenvalue weighted by molar-refractivity contribution is 6.26. The van der Waals surface area contributed by atoms with Gasteiger partial charge in [0, 0.05) is 11.0 Å². The molecule has 1 aromatic rings. The van der Waals surface area contributed by atoms with Gasteiger partial charge in [0.15, 0.2) is 19.5 Å². The zero-order valence-electron chi connectivity index (χ0n) is 16.8. The molecule has 0 heterocycles. The van der Waals surface area contributed by atoms with E-state index in [0.717, 1.165) is 24.0 Å². The standard InChI is InChI=1S/C19H36O3Si2/c1-13-11-14(2)16(15(20)12-13)18(3,4)9-10-19(5,6)17(21-23-7)22-24-8/h11-12,17,20H,9-10,23-24H2,1-8H3. The molecule has 3 nitrogen and oxygen atoms in total. The van der Waals surface area contributed by atoms with Crippen LogP contribution in [0.3, 0.4) is 0 Å². The molecule has 0 bridgehead atoms. The fraction of sp³-hybridized carbons (Fsp3) is 0.684. The maximum absolute atomic E-state index is 10.5. The van der Waals surface area contributed by atoms with Gasteiger partial charge in [-0.1, -0.05) is 46.9 Å². The van der Waals surface area contributed by atoms with E-state index in [1.807, 2.05) is 13.0 Å². The zero-order chi connectivity index (χ0) is 18.5. The fourth-order valence-electron chi connectivity index (χ4n) is 3.51. The normalized spacial score (nSPS) is 15.0. The molecule has 0 saturated carbocycles. The van der Waals surface area contributed by atoms with Crippen molar-refractivity contribution in [1.29, 1.82) is 0 Å². The molecule has 138 valence electrons. The molecule has 0 aliphatic rings. The summed E-state index contributed by atoms with van der Waals surface area (Å²) >= 11 is 0. The van der Waals surface area contributed by atoms with E-state index >= 15 is 0 Å². The third-order valence-corrected chi connectivity index (χ3v) is 6.08. The zero-order valence-corrected chi connectivity index (χ0v) is 19.7. The number of rotatable bonds is 9. The Kier molecular flexibility index (Phi) is 7.72. The van der Waals surface area contributed by atoms with E-state index in [1.165, 1.54) is 5.56 Å². The van der Waals surface area contributed by atoms with Gasteiger partial charge < -0.3 is 14.0 Å². The second-order valence-electron chi connectivity index (χ2n) is 8.09. The van der Waals surface area contributed by atoms with E-state index in [0.29, 0.717) is 5.75 Å². The lowest BCUT2D eigenvalue weighted by Gasteiger charge is -2.37. The highest BCUT2D eigenvalue weighted by Gasteiger charge is 2.34. The lowest BCUT2D eigenvalue weighted by Crippen LogP contribution is -2.37. The summed E-state index contributed by atoms with van der Waals surface area (Å²) in [4.78, 5) is 0. The molecule has 0 aromatic heterocycles. The van der Waals surface area contributed by atoms with Crippen molar-refractivity contribution in [2.75, 3.05) is 0 Å². The quantitative estimate of drug-likeness (QED) is 0.533. The molecule has 0 aliphatic heterocycles. The number of hydrogen-bond acceptors (Lipinski definition) is 3. The van der Waals surface area contributed by atoms with Gasteiger partial charge >= 0.3 is 0 Å². The van der Waals surface area contributed by atoms with Crippen LogP contribution in [0.15, 0.2) is 12.1 Å². The second-order valence-corrected chi connectivity index (χ2v) is 9.91. The van der Waals surface area contributed by atoms with Gasteiger partial charge in [0.2, 0.25) is 0 Å². The molecule has 0 saturated heterocycles. The van der Waals surface area contributed by atoms with Crippen LogP contribution in [0.25, 0.3) is 0 Å². The highest BCUT2D eigenvalue weighted by atomic mass is 28.2. The lowest BCUT2D eigenvalue weighted by molar-refractivity contribution is -0.0841. The Morgan fingerprint density at radius 3 is 2.00 bits per heavy atom. The summed E-state index contributed by atoms with van der Waals surface area (Å²) in [6.45, 7) is 17.3. The van der Waals surface area contributed by atoms with Crippen molar-refractivity contribution in [2.24, 2.45) is 5.41 Å². The van der Waals surface area contributed by atoms with E-state index in [1.54, 1.807) is 0 Å². The summed E-state index contributed by atoms with van der Waals surface area (Å²) in [5, 5.41) is 10.5. The van der Waals surface area contributed by atoms with E-state index < -0.39 is 19.5 Å². The predicted molar refractivity (Wildman–Crippen MR) is 108 cm³/mol. The second kappa shape index (κ2) is 8.65. The van der Waals surface area contributed by atoms with Gasteiger partial charge in [0.25, 0.3) is 0 Å². The average Bonchev–Trinajstić information content (AvgIpc) is 2.44. The first kappa shape index (κ1) is 21.4. The monoisotopic (exact) mass is 368 g/mol. The molecule has 1 aromatic carbocycles. The van der Waals surface area contributed by atoms with Gasteiger partial charge in [-0.05, 0) is 49.3 Å². The molecular weight excluding hydrogens is 332 g/mol. The molecule has 0 fully saturated rings. The van der Waals surface area contributed by atoms with Crippen molar-refractivity contribution in [3.63, 3.8) is 0 Å². The van der Waals surface area contributed by atoms with Gasteiger partial charge in [-0.2, -0.15) is 0 Å². The van der Waals surface area contributed by atoms with Crippen molar-refractivity contribution in [1.82, 2.24) is 0 Å².